The van der Waals surface area contributed by atoms with Gasteiger partial charge in [0, 0.05) is 38.7 Å². The number of alkyl halides is 1. The summed E-state index contributed by atoms with van der Waals surface area (Å²) >= 11 is 6.15. The lowest BCUT2D eigenvalue weighted by Crippen LogP contribution is -2.51. The summed E-state index contributed by atoms with van der Waals surface area (Å²) in [6.45, 7) is 9.89. The van der Waals surface area contributed by atoms with Gasteiger partial charge in [-0.15, -0.1) is 11.6 Å². The van der Waals surface area contributed by atoms with Crippen LogP contribution in [0, 0.1) is 0 Å². The number of hydrogen-bond donors (Lipinski definition) is 1. The van der Waals surface area contributed by atoms with E-state index in [1.807, 2.05) is 13.0 Å². The summed E-state index contributed by atoms with van der Waals surface area (Å²) in [6.07, 6.45) is 7.91. The summed E-state index contributed by atoms with van der Waals surface area (Å²) in [5, 5.41) is 8.82. The summed E-state index contributed by atoms with van der Waals surface area (Å²) in [6, 6.07) is 1.42. The van der Waals surface area contributed by atoms with Crippen LogP contribution in [0.3, 0.4) is 0 Å². The zero-order chi connectivity index (χ0) is 24.4. The number of allylic oxidation sites excluding steroid dienone is 3. The molecule has 8 nitrogen and oxygen atoms in total. The van der Waals surface area contributed by atoms with Gasteiger partial charge in [-0.05, 0) is 18.4 Å². The van der Waals surface area contributed by atoms with Crippen LogP contribution in [0.2, 0.25) is 0 Å². The van der Waals surface area contributed by atoms with Gasteiger partial charge in [0.2, 0.25) is 5.91 Å². The second-order valence-electron chi connectivity index (χ2n) is 8.30. The van der Waals surface area contributed by atoms with Crippen LogP contribution in [0.25, 0.3) is 5.57 Å². The average Bonchev–Trinajstić information content (AvgIpc) is 2.79. The first-order valence-electron chi connectivity index (χ1n) is 11.6. The molecule has 1 aromatic rings. The molecule has 1 amide bonds. The predicted molar refractivity (Wildman–Crippen MR) is 130 cm³/mol. The topological polar surface area (TPSA) is 95.7 Å². The van der Waals surface area contributed by atoms with Crippen molar-refractivity contribution in [3.8, 4) is 0 Å². The van der Waals surface area contributed by atoms with E-state index in [-0.39, 0.29) is 29.9 Å². The van der Waals surface area contributed by atoms with Gasteiger partial charge in [0.15, 0.2) is 0 Å². The van der Waals surface area contributed by atoms with Crippen LogP contribution in [0.15, 0.2) is 29.6 Å². The Morgan fingerprint density at radius 1 is 1.21 bits per heavy atom. The molecule has 0 spiro atoms. The van der Waals surface area contributed by atoms with E-state index < -0.39 is 5.97 Å². The Bertz CT molecular complexity index is 920. The third-order valence-electron chi connectivity index (χ3n) is 5.69. The molecule has 1 unspecified atom stereocenters. The van der Waals surface area contributed by atoms with Crippen LogP contribution in [-0.4, -0.2) is 74.4 Å². The zero-order valence-electron chi connectivity index (χ0n) is 19.6. The Morgan fingerprint density at radius 3 is 2.52 bits per heavy atom. The quantitative estimate of drug-likeness (QED) is 0.282. The average molecular weight is 479 g/mol. The molecule has 0 radical (unpaired) electrons. The molecule has 0 aliphatic carbocycles. The summed E-state index contributed by atoms with van der Waals surface area (Å²) < 4.78 is 1.46. The molecule has 2 heterocycles. The van der Waals surface area contributed by atoms with E-state index in [1.54, 1.807) is 15.9 Å². The summed E-state index contributed by atoms with van der Waals surface area (Å²) in [5.41, 5.74) is 0.821. The van der Waals surface area contributed by atoms with Crippen molar-refractivity contribution >= 4 is 29.1 Å². The van der Waals surface area contributed by atoms with Gasteiger partial charge in [-0.25, -0.2) is 4.98 Å². The number of aryl methyl sites for hydroxylation is 1. The van der Waals surface area contributed by atoms with E-state index in [0.29, 0.717) is 49.7 Å². The van der Waals surface area contributed by atoms with Crippen LogP contribution in [0.5, 0.6) is 0 Å². The fraction of sp³-hybridized carbons (Fsp3) is 0.583. The highest BCUT2D eigenvalue weighted by molar-refractivity contribution is 6.21. The predicted octanol–water partition coefficient (Wildman–Crippen LogP) is 2.79. The number of carboxylic acid groups (broad SMARTS) is 1. The van der Waals surface area contributed by atoms with Gasteiger partial charge >= 0.3 is 5.97 Å². The van der Waals surface area contributed by atoms with Gasteiger partial charge in [-0.3, -0.25) is 23.9 Å². The number of unbranched alkanes of at least 4 members (excludes halogenated alkanes) is 2. The van der Waals surface area contributed by atoms with E-state index >= 15 is 0 Å². The number of aliphatic carboxylic acids is 1. The molecule has 182 valence electrons. The second kappa shape index (κ2) is 13.3. The van der Waals surface area contributed by atoms with Crippen molar-refractivity contribution in [2.45, 2.75) is 57.9 Å². The first-order valence-corrected chi connectivity index (χ1v) is 12.0. The number of rotatable bonds is 12. The number of carboxylic acids is 1. The van der Waals surface area contributed by atoms with Gasteiger partial charge < -0.3 is 10.0 Å². The maximum Gasteiger partial charge on any atom is 0.317 e. The van der Waals surface area contributed by atoms with Crippen molar-refractivity contribution in [2.24, 2.45) is 0 Å². The molecule has 0 aromatic carbocycles. The molecule has 1 saturated heterocycles. The van der Waals surface area contributed by atoms with E-state index in [2.05, 4.69) is 18.5 Å². The molecule has 1 fully saturated rings. The van der Waals surface area contributed by atoms with E-state index in [0.717, 1.165) is 25.7 Å². The Balaban J connectivity index is 2.18. The number of carbonyl (C=O) groups excluding carboxylic acids is 1. The molecule has 1 N–H and O–H groups in total. The summed E-state index contributed by atoms with van der Waals surface area (Å²) in [4.78, 5) is 44.9. The number of hydrogen-bond acceptors (Lipinski definition) is 5. The first kappa shape index (κ1) is 26.8. The lowest BCUT2D eigenvalue weighted by atomic mass is 10.1. The molecule has 0 bridgehead atoms. The van der Waals surface area contributed by atoms with Gasteiger partial charge in [0.1, 0.15) is 12.4 Å². The standard InChI is InChI=1S/C24H35ClN4O4/c1-4-6-7-8-21-26-20(18(3)9-10-19(25)5-2)15-22(30)29(21)16-23(31)28-13-11-27(12-14-28)17-24(32)33/h9-10,15,19H,3-8,11-14,16-17H2,1-2H3,(H,32,33)/b10-9-. The lowest BCUT2D eigenvalue weighted by molar-refractivity contribution is -0.139. The largest absolute Gasteiger partial charge is 0.480 e. The molecule has 1 aliphatic rings. The fourth-order valence-electron chi connectivity index (χ4n) is 3.64. The Morgan fingerprint density at radius 2 is 1.91 bits per heavy atom. The highest BCUT2D eigenvalue weighted by Crippen LogP contribution is 2.14. The molecule has 33 heavy (non-hydrogen) atoms. The van der Waals surface area contributed by atoms with Gasteiger partial charge in [-0.2, -0.15) is 0 Å². The van der Waals surface area contributed by atoms with Crippen molar-refractivity contribution in [1.29, 1.82) is 0 Å². The molecule has 1 aromatic heterocycles. The molecule has 2 rings (SSSR count). The Labute approximate surface area is 200 Å². The number of nitrogens with zero attached hydrogens (tertiary/aromatic N) is 4. The van der Waals surface area contributed by atoms with Crippen molar-refractivity contribution in [1.82, 2.24) is 19.4 Å². The minimum Gasteiger partial charge on any atom is -0.480 e. The van der Waals surface area contributed by atoms with Gasteiger partial charge in [0.25, 0.3) is 5.56 Å². The van der Waals surface area contributed by atoms with E-state index in [4.69, 9.17) is 16.7 Å². The highest BCUT2D eigenvalue weighted by atomic mass is 35.5. The third-order valence-corrected chi connectivity index (χ3v) is 6.15. The molecule has 1 aliphatic heterocycles. The summed E-state index contributed by atoms with van der Waals surface area (Å²) in [5.74, 6) is -0.460. The SMILES string of the molecule is C=C(/C=C\C(Cl)CC)c1cc(=O)n(CC(=O)N2CCN(CC(=O)O)CC2)c(CCCCC)n1. The number of carbonyl (C=O) groups is 2. The normalized spacial score (nSPS) is 15.7. The number of amides is 1. The molecule has 0 saturated carbocycles. The molecular weight excluding hydrogens is 444 g/mol. The van der Waals surface area contributed by atoms with Gasteiger partial charge in [-0.1, -0.05) is 45.4 Å². The van der Waals surface area contributed by atoms with E-state index in [1.165, 1.54) is 10.6 Å². The van der Waals surface area contributed by atoms with Crippen LogP contribution in [-0.2, 0) is 22.6 Å². The first-order chi connectivity index (χ1) is 15.7. The monoisotopic (exact) mass is 478 g/mol. The number of piperazine rings is 1. The van der Waals surface area contributed by atoms with Crippen molar-refractivity contribution in [3.05, 3.63) is 46.7 Å². The molecule has 1 atom stereocenters. The third kappa shape index (κ3) is 8.44. The maximum absolute atomic E-state index is 13.0. The Kier molecular flexibility index (Phi) is 10.8. The van der Waals surface area contributed by atoms with Crippen LogP contribution < -0.4 is 5.56 Å². The van der Waals surface area contributed by atoms with Crippen LogP contribution in [0.1, 0.15) is 51.0 Å². The summed E-state index contributed by atoms with van der Waals surface area (Å²) in [7, 11) is 0. The lowest BCUT2D eigenvalue weighted by Gasteiger charge is -2.34. The maximum atomic E-state index is 13.0. The highest BCUT2D eigenvalue weighted by Gasteiger charge is 2.23. The molecular formula is C24H35ClN4O4. The number of aromatic nitrogens is 2. The molecule has 9 heteroatoms. The van der Waals surface area contributed by atoms with Crippen LogP contribution >= 0.6 is 11.6 Å². The minimum absolute atomic E-state index is 0.0322. The van der Waals surface area contributed by atoms with Crippen molar-refractivity contribution in [2.75, 3.05) is 32.7 Å². The second-order valence-corrected chi connectivity index (χ2v) is 8.86. The van der Waals surface area contributed by atoms with Crippen molar-refractivity contribution < 1.29 is 14.7 Å². The van der Waals surface area contributed by atoms with E-state index in [9.17, 15) is 14.4 Å². The van der Waals surface area contributed by atoms with Gasteiger partial charge in [0.05, 0.1) is 17.6 Å². The minimum atomic E-state index is -0.878. The van der Waals surface area contributed by atoms with Crippen LogP contribution in [0.4, 0.5) is 0 Å². The smallest absolute Gasteiger partial charge is 0.317 e. The zero-order valence-corrected chi connectivity index (χ0v) is 20.4. The van der Waals surface area contributed by atoms with Crippen molar-refractivity contribution in [3.63, 3.8) is 0 Å². The Hall–Kier alpha value is -2.45. The fourth-order valence-corrected chi connectivity index (χ4v) is 3.71. The number of halogens is 1.